The molecule has 1 aliphatic heterocycles. The van der Waals surface area contributed by atoms with E-state index in [9.17, 15) is 9.59 Å². The van der Waals surface area contributed by atoms with Crippen LogP contribution in [0.4, 0.5) is 4.79 Å². The second-order valence-electron chi connectivity index (χ2n) is 8.38. The number of methoxy groups -OCH3 is 1. The third-order valence-electron chi connectivity index (χ3n) is 5.97. The number of nitrogens with one attached hydrogen (secondary N) is 2. The molecule has 2 fully saturated rings. The van der Waals surface area contributed by atoms with Gasteiger partial charge in [0, 0.05) is 38.4 Å². The number of carbonyl (C=O) groups is 2. The zero-order valence-electron chi connectivity index (χ0n) is 19.2. The molecule has 0 bridgehead atoms. The fourth-order valence-electron chi connectivity index (χ4n) is 4.10. The molecular weight excluding hydrogens is 424 g/mol. The molecular formula is C23H32N6O4. The first-order valence-corrected chi connectivity index (χ1v) is 11.5. The van der Waals surface area contributed by atoms with E-state index in [2.05, 4.69) is 20.4 Å². The van der Waals surface area contributed by atoms with Crippen LogP contribution in [0.1, 0.15) is 37.9 Å². The van der Waals surface area contributed by atoms with Gasteiger partial charge in [-0.3, -0.25) is 14.5 Å². The van der Waals surface area contributed by atoms with Gasteiger partial charge in [0.15, 0.2) is 0 Å². The summed E-state index contributed by atoms with van der Waals surface area (Å²) in [5, 5.41) is 10.8. The molecule has 33 heavy (non-hydrogen) atoms. The first-order valence-electron chi connectivity index (χ1n) is 11.5. The van der Waals surface area contributed by atoms with E-state index in [0.29, 0.717) is 32.7 Å². The Balaban J connectivity index is 1.54. The van der Waals surface area contributed by atoms with E-state index in [1.165, 1.54) is 7.11 Å². The maximum Gasteiger partial charge on any atom is 0.406 e. The number of carbonyl (C=O) groups excluding carboxylic acids is 2. The zero-order chi connectivity index (χ0) is 23.2. The number of pyridine rings is 1. The van der Waals surface area contributed by atoms with Gasteiger partial charge in [-0.2, -0.15) is 5.10 Å². The summed E-state index contributed by atoms with van der Waals surface area (Å²) in [6, 6.07) is 7.82. The highest BCUT2D eigenvalue weighted by Crippen LogP contribution is 2.36. The Morgan fingerprint density at radius 2 is 2.24 bits per heavy atom. The Hall–Kier alpha value is -2.98. The average Bonchev–Trinajstić information content (AvgIpc) is 3.60. The van der Waals surface area contributed by atoms with E-state index in [1.54, 1.807) is 6.20 Å². The molecule has 178 valence electrons. The number of aromatic nitrogens is 3. The molecule has 2 N–H and O–H groups in total. The Morgan fingerprint density at radius 1 is 1.39 bits per heavy atom. The van der Waals surface area contributed by atoms with E-state index in [1.807, 2.05) is 40.8 Å². The van der Waals surface area contributed by atoms with E-state index in [4.69, 9.17) is 9.84 Å². The third kappa shape index (κ3) is 5.69. The lowest BCUT2D eigenvalue weighted by Gasteiger charge is -2.33. The predicted octanol–water partition coefficient (Wildman–Crippen LogP) is 1.73. The fourth-order valence-corrected chi connectivity index (χ4v) is 4.10. The summed E-state index contributed by atoms with van der Waals surface area (Å²) in [6.45, 7) is 4.94. The highest BCUT2D eigenvalue weighted by Gasteiger charge is 2.40. The number of aryl methyl sites for hydroxylation is 1. The van der Waals surface area contributed by atoms with Gasteiger partial charge in [-0.1, -0.05) is 6.07 Å². The molecule has 10 nitrogen and oxygen atoms in total. The van der Waals surface area contributed by atoms with Crippen LogP contribution < -0.4 is 10.6 Å². The summed E-state index contributed by atoms with van der Waals surface area (Å²) in [5.41, 5.74) is 2.52. The van der Waals surface area contributed by atoms with Crippen molar-refractivity contribution < 1.29 is 19.1 Å². The quantitative estimate of drug-likeness (QED) is 0.553. The topological polar surface area (TPSA) is 111 Å². The summed E-state index contributed by atoms with van der Waals surface area (Å²) in [5.74, 6) is 0.0217. The van der Waals surface area contributed by atoms with E-state index in [-0.39, 0.29) is 18.0 Å². The molecule has 2 aromatic rings. The number of hydrogen-bond donors (Lipinski definition) is 2. The van der Waals surface area contributed by atoms with Gasteiger partial charge in [0.05, 0.1) is 36.8 Å². The van der Waals surface area contributed by atoms with Crippen LogP contribution in [-0.4, -0.2) is 77.2 Å². The van der Waals surface area contributed by atoms with Crippen molar-refractivity contribution in [1.29, 1.82) is 0 Å². The fraction of sp³-hybridized carbons (Fsp3) is 0.565. The minimum Gasteiger partial charge on any atom is -0.453 e. The second kappa shape index (κ2) is 10.8. The van der Waals surface area contributed by atoms with Crippen LogP contribution in [0.2, 0.25) is 0 Å². The standard InChI is InChI=1S/C23H32N6O4/c1-16(29(17-7-8-17)22(30)21-15-24-11-13-33-21)19-14-20(18-6-3-4-9-25-18)28(27-19)12-5-10-26-23(31)32-2/h3-4,6,9,14,16-17,21,24H,5,7-8,10-13,15H2,1-2H3,(H,26,31)/t16-,21+/m0/s1. The molecule has 3 heterocycles. The SMILES string of the molecule is COC(=O)NCCCn1nc([C@H](C)N(C(=O)[C@H]2CNCCO2)C2CC2)cc1-c1ccccn1. The van der Waals surface area contributed by atoms with Crippen LogP contribution in [0.15, 0.2) is 30.5 Å². The van der Waals surface area contributed by atoms with Crippen molar-refractivity contribution in [2.24, 2.45) is 0 Å². The van der Waals surface area contributed by atoms with Crippen LogP contribution in [0, 0.1) is 0 Å². The molecule has 1 saturated heterocycles. The minimum absolute atomic E-state index is 0.0217. The lowest BCUT2D eigenvalue weighted by atomic mass is 10.1. The van der Waals surface area contributed by atoms with Crippen LogP contribution in [-0.2, 0) is 20.8 Å². The molecule has 0 spiro atoms. The zero-order valence-corrected chi connectivity index (χ0v) is 19.2. The van der Waals surface area contributed by atoms with Crippen molar-refractivity contribution in [3.8, 4) is 11.4 Å². The first kappa shape index (κ1) is 23.2. The lowest BCUT2D eigenvalue weighted by molar-refractivity contribution is -0.148. The molecule has 2 amide bonds. The van der Waals surface area contributed by atoms with Crippen LogP contribution in [0.25, 0.3) is 11.4 Å². The molecule has 4 rings (SSSR count). The van der Waals surface area contributed by atoms with Gasteiger partial charge in [0.2, 0.25) is 0 Å². The molecule has 0 radical (unpaired) electrons. The normalized spacial score (nSPS) is 19.0. The summed E-state index contributed by atoms with van der Waals surface area (Å²) < 4.78 is 12.3. The molecule has 10 heteroatoms. The molecule has 2 atom stereocenters. The van der Waals surface area contributed by atoms with Crippen molar-refractivity contribution in [2.45, 2.75) is 50.9 Å². The molecule has 1 saturated carbocycles. The Bertz CT molecular complexity index is 940. The number of hydrogen-bond acceptors (Lipinski definition) is 7. The Kier molecular flexibility index (Phi) is 7.56. The molecule has 1 aliphatic carbocycles. The van der Waals surface area contributed by atoms with Crippen molar-refractivity contribution in [3.05, 3.63) is 36.2 Å². The number of ether oxygens (including phenoxy) is 2. The monoisotopic (exact) mass is 456 g/mol. The Morgan fingerprint density at radius 3 is 2.91 bits per heavy atom. The first-order chi connectivity index (χ1) is 16.1. The summed E-state index contributed by atoms with van der Waals surface area (Å²) >= 11 is 0. The predicted molar refractivity (Wildman–Crippen MR) is 121 cm³/mol. The van der Waals surface area contributed by atoms with E-state index in [0.717, 1.165) is 36.5 Å². The van der Waals surface area contributed by atoms with Gasteiger partial charge in [0.25, 0.3) is 5.91 Å². The van der Waals surface area contributed by atoms with Gasteiger partial charge < -0.3 is 25.0 Å². The maximum atomic E-state index is 13.3. The molecule has 0 unspecified atom stereocenters. The number of alkyl carbamates (subject to hydrolysis) is 1. The Labute approximate surface area is 193 Å². The van der Waals surface area contributed by atoms with Gasteiger partial charge >= 0.3 is 6.09 Å². The highest BCUT2D eigenvalue weighted by atomic mass is 16.5. The number of nitrogens with zero attached hydrogens (tertiary/aromatic N) is 4. The maximum absolute atomic E-state index is 13.3. The van der Waals surface area contributed by atoms with Crippen molar-refractivity contribution in [2.75, 3.05) is 33.4 Å². The number of rotatable bonds is 9. The van der Waals surface area contributed by atoms with Crippen molar-refractivity contribution >= 4 is 12.0 Å². The molecule has 2 aliphatic rings. The number of amides is 2. The largest absolute Gasteiger partial charge is 0.453 e. The minimum atomic E-state index is -0.455. The van der Waals surface area contributed by atoms with Gasteiger partial charge in [0.1, 0.15) is 6.10 Å². The van der Waals surface area contributed by atoms with E-state index >= 15 is 0 Å². The van der Waals surface area contributed by atoms with Gasteiger partial charge in [-0.15, -0.1) is 0 Å². The molecule has 0 aromatic carbocycles. The average molecular weight is 457 g/mol. The van der Waals surface area contributed by atoms with Crippen molar-refractivity contribution in [1.82, 2.24) is 30.3 Å². The summed E-state index contributed by atoms with van der Waals surface area (Å²) in [4.78, 5) is 31.1. The van der Waals surface area contributed by atoms with Crippen LogP contribution in [0.3, 0.4) is 0 Å². The lowest BCUT2D eigenvalue weighted by Crippen LogP contribution is -2.50. The van der Waals surface area contributed by atoms with Crippen LogP contribution in [0.5, 0.6) is 0 Å². The summed E-state index contributed by atoms with van der Waals surface area (Å²) in [6.07, 6.45) is 3.53. The van der Waals surface area contributed by atoms with Gasteiger partial charge in [-0.05, 0) is 44.4 Å². The molecule has 2 aromatic heterocycles. The summed E-state index contributed by atoms with van der Waals surface area (Å²) in [7, 11) is 1.34. The third-order valence-corrected chi connectivity index (χ3v) is 5.97. The highest BCUT2D eigenvalue weighted by molar-refractivity contribution is 5.82. The van der Waals surface area contributed by atoms with Crippen molar-refractivity contribution in [3.63, 3.8) is 0 Å². The number of morpholine rings is 1. The second-order valence-corrected chi connectivity index (χ2v) is 8.38. The van der Waals surface area contributed by atoms with Gasteiger partial charge in [-0.25, -0.2) is 4.79 Å². The van der Waals surface area contributed by atoms with E-state index < -0.39 is 12.2 Å². The van der Waals surface area contributed by atoms with Crippen LogP contribution >= 0.6 is 0 Å². The smallest absolute Gasteiger partial charge is 0.406 e.